The highest BCUT2D eigenvalue weighted by atomic mass is 35.5. The Morgan fingerprint density at radius 3 is 2.71 bits per heavy atom. The van der Waals surface area contributed by atoms with Crippen LogP contribution >= 0.6 is 11.6 Å². The van der Waals surface area contributed by atoms with Crippen LogP contribution in [0.4, 0.5) is 11.4 Å². The van der Waals surface area contributed by atoms with Crippen molar-refractivity contribution in [2.24, 2.45) is 5.92 Å². The predicted molar refractivity (Wildman–Crippen MR) is 86.2 cm³/mol. The second-order valence-corrected chi connectivity index (χ2v) is 5.94. The van der Waals surface area contributed by atoms with Crippen molar-refractivity contribution in [1.82, 2.24) is 5.32 Å². The molecule has 1 heterocycles. The highest BCUT2D eigenvalue weighted by molar-refractivity contribution is 6.33. The van der Waals surface area contributed by atoms with E-state index in [2.05, 4.69) is 17.1 Å². The van der Waals surface area contributed by atoms with Crippen molar-refractivity contribution in [1.29, 1.82) is 0 Å². The maximum absolute atomic E-state index is 10.8. The van der Waals surface area contributed by atoms with Crippen molar-refractivity contribution >= 4 is 23.0 Å². The van der Waals surface area contributed by atoms with Gasteiger partial charge in [0.25, 0.3) is 5.69 Å². The molecule has 116 valence electrons. The second-order valence-electron chi connectivity index (χ2n) is 5.53. The number of hydrogen-bond acceptors (Lipinski definition) is 4. The van der Waals surface area contributed by atoms with Gasteiger partial charge in [-0.2, -0.15) is 0 Å². The number of rotatable bonds is 6. The number of nitrogens with one attached hydrogen (secondary N) is 1. The molecule has 1 aromatic carbocycles. The number of benzene rings is 1. The van der Waals surface area contributed by atoms with Crippen molar-refractivity contribution in [3.8, 4) is 0 Å². The van der Waals surface area contributed by atoms with Crippen LogP contribution in [0.25, 0.3) is 0 Å². The van der Waals surface area contributed by atoms with Crippen LogP contribution in [0.2, 0.25) is 5.02 Å². The van der Waals surface area contributed by atoms with Crippen LogP contribution in [0.1, 0.15) is 26.2 Å². The molecule has 1 aliphatic heterocycles. The van der Waals surface area contributed by atoms with Gasteiger partial charge in [0, 0.05) is 25.2 Å². The van der Waals surface area contributed by atoms with E-state index in [1.54, 1.807) is 6.07 Å². The van der Waals surface area contributed by atoms with E-state index in [9.17, 15) is 10.1 Å². The van der Waals surface area contributed by atoms with Crippen LogP contribution in [-0.2, 0) is 0 Å². The fourth-order valence-corrected chi connectivity index (χ4v) is 3.12. The molecule has 5 nitrogen and oxygen atoms in total. The lowest BCUT2D eigenvalue weighted by Crippen LogP contribution is -2.36. The van der Waals surface area contributed by atoms with Gasteiger partial charge in [-0.05, 0) is 44.3 Å². The van der Waals surface area contributed by atoms with Crippen LogP contribution in [0, 0.1) is 16.0 Å². The van der Waals surface area contributed by atoms with Gasteiger partial charge >= 0.3 is 0 Å². The lowest BCUT2D eigenvalue weighted by atomic mass is 9.97. The number of nitrogens with zero attached hydrogens (tertiary/aromatic N) is 2. The summed E-state index contributed by atoms with van der Waals surface area (Å²) in [6.07, 6.45) is 3.37. The minimum atomic E-state index is -0.410. The Bertz CT molecular complexity index is 490. The van der Waals surface area contributed by atoms with E-state index < -0.39 is 4.92 Å². The summed E-state index contributed by atoms with van der Waals surface area (Å²) in [5.41, 5.74) is 0.949. The average Bonchev–Trinajstić information content (AvgIpc) is 2.48. The third-order valence-corrected chi connectivity index (χ3v) is 4.22. The molecule has 21 heavy (non-hydrogen) atoms. The first-order chi connectivity index (χ1) is 10.1. The van der Waals surface area contributed by atoms with Gasteiger partial charge < -0.3 is 10.2 Å². The molecule has 6 heteroatoms. The molecule has 0 radical (unpaired) electrons. The van der Waals surface area contributed by atoms with Gasteiger partial charge in [0.1, 0.15) is 0 Å². The molecule has 1 aliphatic rings. The second kappa shape index (κ2) is 7.61. The van der Waals surface area contributed by atoms with E-state index in [1.165, 1.54) is 25.0 Å². The Balaban J connectivity index is 2.14. The zero-order valence-electron chi connectivity index (χ0n) is 12.3. The Kier molecular flexibility index (Phi) is 5.82. The molecule has 0 unspecified atom stereocenters. The smallest absolute Gasteiger partial charge is 0.271 e. The minimum absolute atomic E-state index is 0.0436. The number of nitro groups is 1. The monoisotopic (exact) mass is 311 g/mol. The minimum Gasteiger partial charge on any atom is -0.370 e. The number of piperidine rings is 1. The van der Waals surface area contributed by atoms with Gasteiger partial charge in [0.05, 0.1) is 15.6 Å². The quantitative estimate of drug-likeness (QED) is 0.645. The number of anilines is 1. The Hall–Kier alpha value is -1.33. The van der Waals surface area contributed by atoms with Crippen molar-refractivity contribution in [3.63, 3.8) is 0 Å². The molecular formula is C15H22ClN3O2. The van der Waals surface area contributed by atoms with Crippen LogP contribution in [0.5, 0.6) is 0 Å². The largest absolute Gasteiger partial charge is 0.370 e. The van der Waals surface area contributed by atoms with Gasteiger partial charge in [-0.15, -0.1) is 0 Å². The predicted octanol–water partition coefficient (Wildman–Crippen LogP) is 3.46. The van der Waals surface area contributed by atoms with Crippen molar-refractivity contribution in [3.05, 3.63) is 33.3 Å². The lowest BCUT2D eigenvalue weighted by Gasteiger charge is -2.32. The van der Waals surface area contributed by atoms with E-state index in [-0.39, 0.29) is 5.69 Å². The summed E-state index contributed by atoms with van der Waals surface area (Å²) in [7, 11) is 0. The van der Waals surface area contributed by atoms with Crippen LogP contribution in [-0.4, -0.2) is 31.1 Å². The Morgan fingerprint density at radius 2 is 2.14 bits per heavy atom. The van der Waals surface area contributed by atoms with Crippen LogP contribution in [0.3, 0.4) is 0 Å². The van der Waals surface area contributed by atoms with E-state index >= 15 is 0 Å². The summed E-state index contributed by atoms with van der Waals surface area (Å²) in [5.74, 6) is 0.657. The summed E-state index contributed by atoms with van der Waals surface area (Å²) >= 11 is 6.26. The van der Waals surface area contributed by atoms with Crippen molar-refractivity contribution < 1.29 is 4.92 Å². The fraction of sp³-hybridized carbons (Fsp3) is 0.600. The standard InChI is InChI=1S/C15H22ClN3O2/c1-2-9-18(11-12-5-7-17-8-6-12)15-4-3-13(19(20)21)10-14(15)16/h3-4,10,12,17H,2,5-9,11H2,1H3. The van der Waals surface area contributed by atoms with Gasteiger partial charge in [-0.25, -0.2) is 0 Å². The van der Waals surface area contributed by atoms with E-state index in [4.69, 9.17) is 11.6 Å². The molecule has 0 aromatic heterocycles. The summed E-state index contributed by atoms with van der Waals surface area (Å²) in [6.45, 7) is 6.15. The Morgan fingerprint density at radius 1 is 1.43 bits per heavy atom. The third-order valence-electron chi connectivity index (χ3n) is 3.91. The molecular weight excluding hydrogens is 290 g/mol. The van der Waals surface area contributed by atoms with E-state index in [0.717, 1.165) is 38.3 Å². The summed E-state index contributed by atoms with van der Waals surface area (Å²) in [4.78, 5) is 12.7. The lowest BCUT2D eigenvalue weighted by molar-refractivity contribution is -0.384. The zero-order valence-corrected chi connectivity index (χ0v) is 13.1. The molecule has 0 amide bonds. The molecule has 0 spiro atoms. The zero-order chi connectivity index (χ0) is 15.2. The summed E-state index contributed by atoms with van der Waals surface area (Å²) < 4.78 is 0. The highest BCUT2D eigenvalue weighted by Crippen LogP contribution is 2.31. The van der Waals surface area contributed by atoms with E-state index in [1.807, 2.05) is 0 Å². The molecule has 0 atom stereocenters. The maximum atomic E-state index is 10.8. The van der Waals surface area contributed by atoms with Crippen LogP contribution < -0.4 is 10.2 Å². The number of halogens is 1. The first kappa shape index (κ1) is 16.0. The molecule has 1 aromatic rings. The average molecular weight is 312 g/mol. The molecule has 1 N–H and O–H groups in total. The Labute approximate surface area is 130 Å². The topological polar surface area (TPSA) is 58.4 Å². The number of hydrogen-bond donors (Lipinski definition) is 1. The molecule has 1 saturated heterocycles. The fourth-order valence-electron chi connectivity index (χ4n) is 2.82. The summed E-state index contributed by atoms with van der Waals surface area (Å²) in [6, 6.07) is 4.76. The summed E-state index contributed by atoms with van der Waals surface area (Å²) in [5, 5.41) is 14.6. The SMILES string of the molecule is CCCN(CC1CCNCC1)c1ccc([N+](=O)[O-])cc1Cl. The van der Waals surface area contributed by atoms with Gasteiger partial charge in [0.15, 0.2) is 0 Å². The van der Waals surface area contributed by atoms with Crippen LogP contribution in [0.15, 0.2) is 18.2 Å². The molecule has 0 aliphatic carbocycles. The van der Waals surface area contributed by atoms with Crippen molar-refractivity contribution in [2.75, 3.05) is 31.1 Å². The molecule has 1 fully saturated rings. The molecule has 0 bridgehead atoms. The highest BCUT2D eigenvalue weighted by Gasteiger charge is 2.19. The number of non-ortho nitro benzene ring substituents is 1. The normalized spacial score (nSPS) is 15.9. The molecule has 2 rings (SSSR count). The molecule has 0 saturated carbocycles. The first-order valence-electron chi connectivity index (χ1n) is 7.51. The third kappa shape index (κ3) is 4.32. The van der Waals surface area contributed by atoms with Gasteiger partial charge in [-0.1, -0.05) is 18.5 Å². The van der Waals surface area contributed by atoms with Gasteiger partial charge in [0.2, 0.25) is 0 Å². The first-order valence-corrected chi connectivity index (χ1v) is 7.89. The van der Waals surface area contributed by atoms with Crippen molar-refractivity contribution in [2.45, 2.75) is 26.2 Å². The maximum Gasteiger partial charge on any atom is 0.271 e. The number of nitro benzene ring substituents is 1. The van der Waals surface area contributed by atoms with E-state index in [0.29, 0.717) is 10.9 Å². The van der Waals surface area contributed by atoms with Gasteiger partial charge in [-0.3, -0.25) is 10.1 Å².